The molecule has 1 aliphatic carbocycles. The predicted octanol–water partition coefficient (Wildman–Crippen LogP) is 3.23. The van der Waals surface area contributed by atoms with E-state index in [9.17, 15) is 19.5 Å². The van der Waals surface area contributed by atoms with Crippen LogP contribution in [0.2, 0.25) is 0 Å². The average Bonchev–Trinajstić information content (AvgIpc) is 3.24. The minimum Gasteiger partial charge on any atom is -0.480 e. The quantitative estimate of drug-likeness (QED) is 0.567. The first-order valence-corrected chi connectivity index (χ1v) is 11.6. The molecule has 8 nitrogen and oxygen atoms in total. The maximum atomic E-state index is 13.3. The van der Waals surface area contributed by atoms with Crippen molar-refractivity contribution in [3.8, 4) is 0 Å². The van der Waals surface area contributed by atoms with E-state index < -0.39 is 35.3 Å². The summed E-state index contributed by atoms with van der Waals surface area (Å²) in [5.41, 5.74) is 0.356. The summed E-state index contributed by atoms with van der Waals surface area (Å²) >= 11 is 0. The minimum atomic E-state index is -1.09. The van der Waals surface area contributed by atoms with E-state index in [1.165, 1.54) is 0 Å². The number of nitrogens with zero attached hydrogens (tertiary/aromatic N) is 2. The zero-order valence-electron chi connectivity index (χ0n) is 19.6. The highest BCUT2D eigenvalue weighted by atomic mass is 16.4. The van der Waals surface area contributed by atoms with E-state index in [1.807, 2.05) is 30.3 Å². The van der Waals surface area contributed by atoms with E-state index in [0.717, 1.165) is 37.7 Å². The van der Waals surface area contributed by atoms with Crippen molar-refractivity contribution < 1.29 is 19.5 Å². The lowest BCUT2D eigenvalue weighted by Crippen LogP contribution is -2.57. The van der Waals surface area contributed by atoms with Crippen molar-refractivity contribution >= 4 is 17.8 Å². The average molecular weight is 455 g/mol. The van der Waals surface area contributed by atoms with Gasteiger partial charge in [-0.25, -0.2) is 9.78 Å². The second-order valence-electron chi connectivity index (χ2n) is 9.86. The number of aromatic nitrogens is 2. The Balaban J connectivity index is 1.79. The van der Waals surface area contributed by atoms with Crippen LogP contribution in [0.1, 0.15) is 69.1 Å². The fourth-order valence-corrected chi connectivity index (χ4v) is 4.38. The van der Waals surface area contributed by atoms with Gasteiger partial charge >= 0.3 is 5.97 Å². The summed E-state index contributed by atoms with van der Waals surface area (Å²) in [6.07, 6.45) is 7.97. The SMILES string of the molecule is CC(C)(C)[C@H](NC(=O)C(NC(=O)c1nccn1Cc1ccccc1)C1CCCCC1)C(=O)O. The molecule has 1 heterocycles. The van der Waals surface area contributed by atoms with E-state index >= 15 is 0 Å². The molecule has 3 N–H and O–H groups in total. The van der Waals surface area contributed by atoms with Gasteiger partial charge in [0.2, 0.25) is 5.91 Å². The minimum absolute atomic E-state index is 0.0466. The fourth-order valence-electron chi connectivity index (χ4n) is 4.38. The molecule has 1 saturated carbocycles. The van der Waals surface area contributed by atoms with Crippen LogP contribution < -0.4 is 10.6 Å². The number of benzene rings is 1. The van der Waals surface area contributed by atoms with Gasteiger partial charge in [-0.3, -0.25) is 9.59 Å². The molecular formula is C25H34N4O4. The highest BCUT2D eigenvalue weighted by Crippen LogP contribution is 2.28. The predicted molar refractivity (Wildman–Crippen MR) is 125 cm³/mol. The van der Waals surface area contributed by atoms with Crippen LogP contribution in [0, 0.1) is 11.3 Å². The van der Waals surface area contributed by atoms with Crippen LogP contribution in [-0.2, 0) is 16.1 Å². The second-order valence-corrected chi connectivity index (χ2v) is 9.86. The van der Waals surface area contributed by atoms with Crippen molar-refractivity contribution in [1.82, 2.24) is 20.2 Å². The number of amides is 2. The Morgan fingerprint density at radius 2 is 1.76 bits per heavy atom. The third-order valence-electron chi connectivity index (χ3n) is 6.20. The number of hydrogen-bond acceptors (Lipinski definition) is 4. The molecule has 1 unspecified atom stereocenters. The van der Waals surface area contributed by atoms with Crippen molar-refractivity contribution in [1.29, 1.82) is 0 Å². The Morgan fingerprint density at radius 1 is 1.09 bits per heavy atom. The first-order valence-electron chi connectivity index (χ1n) is 11.6. The summed E-state index contributed by atoms with van der Waals surface area (Å²) in [6.45, 7) is 5.77. The summed E-state index contributed by atoms with van der Waals surface area (Å²) in [5, 5.41) is 15.2. The Kier molecular flexibility index (Phi) is 7.89. The van der Waals surface area contributed by atoms with Crippen molar-refractivity contribution in [2.75, 3.05) is 0 Å². The number of hydrogen-bond donors (Lipinski definition) is 3. The maximum Gasteiger partial charge on any atom is 0.326 e. The van der Waals surface area contributed by atoms with E-state index in [0.29, 0.717) is 6.54 Å². The highest BCUT2D eigenvalue weighted by Gasteiger charge is 2.38. The topological polar surface area (TPSA) is 113 Å². The van der Waals surface area contributed by atoms with Crippen LogP contribution in [0.4, 0.5) is 0 Å². The summed E-state index contributed by atoms with van der Waals surface area (Å²) < 4.78 is 1.75. The molecule has 2 amide bonds. The molecule has 1 aromatic heterocycles. The third kappa shape index (κ3) is 6.43. The molecular weight excluding hydrogens is 420 g/mol. The van der Waals surface area contributed by atoms with Gasteiger partial charge in [-0.1, -0.05) is 70.4 Å². The summed E-state index contributed by atoms with van der Waals surface area (Å²) in [5.74, 6) is -1.82. The summed E-state index contributed by atoms with van der Waals surface area (Å²) in [6, 6.07) is 7.86. The Morgan fingerprint density at radius 3 is 2.36 bits per heavy atom. The van der Waals surface area contributed by atoms with Gasteiger partial charge in [-0.2, -0.15) is 0 Å². The van der Waals surface area contributed by atoms with Gasteiger partial charge in [-0.15, -0.1) is 0 Å². The Hall–Kier alpha value is -3.16. The number of carbonyl (C=O) groups is 3. The van der Waals surface area contributed by atoms with Crippen molar-refractivity contribution in [3.05, 3.63) is 54.1 Å². The first kappa shape index (κ1) is 24.5. The fraction of sp³-hybridized carbons (Fsp3) is 0.520. The van der Waals surface area contributed by atoms with Gasteiger partial charge < -0.3 is 20.3 Å². The number of rotatable bonds is 8. The second kappa shape index (κ2) is 10.6. The summed E-state index contributed by atoms with van der Waals surface area (Å²) in [4.78, 5) is 42.5. The lowest BCUT2D eigenvalue weighted by atomic mass is 9.82. The number of carboxylic acid groups (broad SMARTS) is 1. The number of aliphatic carboxylic acids is 1. The molecule has 33 heavy (non-hydrogen) atoms. The van der Waals surface area contributed by atoms with E-state index in [2.05, 4.69) is 15.6 Å². The molecule has 1 aliphatic rings. The largest absolute Gasteiger partial charge is 0.480 e. The maximum absolute atomic E-state index is 13.3. The first-order chi connectivity index (χ1) is 15.7. The molecule has 3 rings (SSSR count). The van der Waals surface area contributed by atoms with Crippen molar-refractivity contribution in [2.24, 2.45) is 11.3 Å². The van der Waals surface area contributed by atoms with Gasteiger partial charge in [0.1, 0.15) is 12.1 Å². The number of carboxylic acids is 1. The summed E-state index contributed by atoms with van der Waals surface area (Å²) in [7, 11) is 0. The van der Waals surface area contributed by atoms with Gasteiger partial charge in [0.15, 0.2) is 5.82 Å². The van der Waals surface area contributed by atoms with Crippen LogP contribution in [0.15, 0.2) is 42.7 Å². The van der Waals surface area contributed by atoms with Crippen LogP contribution in [0.5, 0.6) is 0 Å². The van der Waals surface area contributed by atoms with Gasteiger partial charge in [-0.05, 0) is 29.7 Å². The molecule has 0 aliphatic heterocycles. The Labute approximate surface area is 194 Å². The van der Waals surface area contributed by atoms with E-state index in [4.69, 9.17) is 0 Å². The van der Waals surface area contributed by atoms with Gasteiger partial charge in [0, 0.05) is 18.9 Å². The molecule has 8 heteroatoms. The normalized spacial score (nSPS) is 16.6. The standard InChI is InChI=1S/C25H34N4O4/c1-25(2,3)20(24(32)33)28-22(30)19(18-12-8-5-9-13-18)27-23(31)21-26-14-15-29(21)16-17-10-6-4-7-11-17/h4,6-7,10-11,14-15,18-20H,5,8-9,12-13,16H2,1-3H3,(H,27,31)(H,28,30)(H,32,33)/t19?,20-/m1/s1. The van der Waals surface area contributed by atoms with E-state index in [1.54, 1.807) is 37.7 Å². The number of carbonyl (C=O) groups excluding carboxylic acids is 2. The molecule has 0 bridgehead atoms. The lowest BCUT2D eigenvalue weighted by molar-refractivity contribution is -0.145. The zero-order valence-corrected chi connectivity index (χ0v) is 19.6. The molecule has 178 valence electrons. The third-order valence-corrected chi connectivity index (χ3v) is 6.20. The van der Waals surface area contributed by atoms with Gasteiger partial charge in [0.05, 0.1) is 0 Å². The van der Waals surface area contributed by atoms with Crippen LogP contribution >= 0.6 is 0 Å². The molecule has 0 spiro atoms. The number of nitrogens with one attached hydrogen (secondary N) is 2. The molecule has 1 fully saturated rings. The van der Waals surface area contributed by atoms with Crippen LogP contribution in [0.25, 0.3) is 0 Å². The van der Waals surface area contributed by atoms with Crippen molar-refractivity contribution in [3.63, 3.8) is 0 Å². The molecule has 2 atom stereocenters. The van der Waals surface area contributed by atoms with Gasteiger partial charge in [0.25, 0.3) is 5.91 Å². The molecule has 1 aromatic carbocycles. The molecule has 0 saturated heterocycles. The molecule has 0 radical (unpaired) electrons. The lowest BCUT2D eigenvalue weighted by Gasteiger charge is -2.33. The smallest absolute Gasteiger partial charge is 0.326 e. The van der Waals surface area contributed by atoms with Crippen molar-refractivity contribution in [2.45, 2.75) is 71.5 Å². The number of imidazole rings is 1. The Bertz CT molecular complexity index is 958. The zero-order chi connectivity index (χ0) is 24.0. The van der Waals surface area contributed by atoms with Crippen LogP contribution in [-0.4, -0.2) is 44.5 Å². The molecule has 2 aromatic rings. The van der Waals surface area contributed by atoms with Crippen LogP contribution in [0.3, 0.4) is 0 Å². The monoisotopic (exact) mass is 454 g/mol. The van der Waals surface area contributed by atoms with E-state index in [-0.39, 0.29) is 11.7 Å². The highest BCUT2D eigenvalue weighted by molar-refractivity contribution is 5.96.